The number of piperazine rings is 1. The van der Waals surface area contributed by atoms with E-state index in [0.29, 0.717) is 24.7 Å². The molecule has 0 radical (unpaired) electrons. The Kier molecular flexibility index (Phi) is 4.68. The minimum absolute atomic E-state index is 0.0906. The van der Waals surface area contributed by atoms with E-state index in [1.807, 2.05) is 6.07 Å². The van der Waals surface area contributed by atoms with Gasteiger partial charge in [-0.2, -0.15) is 4.31 Å². The first-order valence-electron chi connectivity index (χ1n) is 7.22. The van der Waals surface area contributed by atoms with E-state index in [1.165, 1.54) is 16.4 Å². The van der Waals surface area contributed by atoms with Crippen molar-refractivity contribution in [1.82, 2.24) is 9.62 Å². The first-order valence-corrected chi connectivity index (χ1v) is 9.04. The van der Waals surface area contributed by atoms with Crippen LogP contribution in [-0.4, -0.2) is 32.4 Å². The van der Waals surface area contributed by atoms with Crippen LogP contribution in [0.15, 0.2) is 53.4 Å². The van der Waals surface area contributed by atoms with E-state index < -0.39 is 15.8 Å². The van der Waals surface area contributed by atoms with Gasteiger partial charge in [0.25, 0.3) is 0 Å². The first kappa shape index (κ1) is 16.4. The van der Waals surface area contributed by atoms with Crippen LogP contribution >= 0.6 is 11.6 Å². The quantitative estimate of drug-likeness (QED) is 0.922. The topological polar surface area (TPSA) is 49.4 Å². The Morgan fingerprint density at radius 3 is 2.61 bits per heavy atom. The van der Waals surface area contributed by atoms with Crippen molar-refractivity contribution in [3.8, 4) is 0 Å². The second kappa shape index (κ2) is 6.57. The number of hydrogen-bond acceptors (Lipinski definition) is 3. The molecular formula is C16H16ClFN2O2S. The highest BCUT2D eigenvalue weighted by Gasteiger charge is 2.34. The zero-order valence-electron chi connectivity index (χ0n) is 12.2. The van der Waals surface area contributed by atoms with Gasteiger partial charge < -0.3 is 5.32 Å². The second-order valence-corrected chi connectivity index (χ2v) is 7.67. The lowest BCUT2D eigenvalue weighted by molar-refractivity contribution is 0.271. The van der Waals surface area contributed by atoms with Gasteiger partial charge in [-0.05, 0) is 42.0 Å². The molecule has 0 saturated carbocycles. The third kappa shape index (κ3) is 3.40. The Morgan fingerprint density at radius 1 is 1.17 bits per heavy atom. The van der Waals surface area contributed by atoms with Gasteiger partial charge in [0.05, 0.1) is 10.9 Å². The molecule has 0 bridgehead atoms. The molecule has 23 heavy (non-hydrogen) atoms. The molecule has 122 valence electrons. The average Bonchev–Trinajstić information content (AvgIpc) is 2.55. The maximum atomic E-state index is 13.1. The van der Waals surface area contributed by atoms with Gasteiger partial charge in [-0.3, -0.25) is 0 Å². The molecule has 0 amide bonds. The minimum Gasteiger partial charge on any atom is -0.313 e. The van der Waals surface area contributed by atoms with Crippen molar-refractivity contribution in [2.75, 3.05) is 19.6 Å². The van der Waals surface area contributed by atoms with Crippen LogP contribution in [0.4, 0.5) is 4.39 Å². The maximum Gasteiger partial charge on any atom is 0.243 e. The van der Waals surface area contributed by atoms with Crippen molar-refractivity contribution in [2.45, 2.75) is 10.9 Å². The molecule has 3 rings (SSSR count). The summed E-state index contributed by atoms with van der Waals surface area (Å²) in [7, 11) is -3.71. The van der Waals surface area contributed by atoms with Crippen LogP contribution in [0.3, 0.4) is 0 Å². The van der Waals surface area contributed by atoms with Crippen molar-refractivity contribution < 1.29 is 12.8 Å². The molecule has 0 aliphatic carbocycles. The summed E-state index contributed by atoms with van der Waals surface area (Å²) in [4.78, 5) is 0.0906. The summed E-state index contributed by atoms with van der Waals surface area (Å²) in [5, 5.41) is 3.77. The lowest BCUT2D eigenvalue weighted by Gasteiger charge is -2.35. The predicted molar refractivity (Wildman–Crippen MR) is 87.4 cm³/mol. The highest BCUT2D eigenvalue weighted by molar-refractivity contribution is 7.89. The van der Waals surface area contributed by atoms with Crippen LogP contribution in [-0.2, 0) is 10.0 Å². The Morgan fingerprint density at radius 2 is 1.91 bits per heavy atom. The van der Waals surface area contributed by atoms with Crippen molar-refractivity contribution in [1.29, 1.82) is 0 Å². The molecule has 1 N–H and O–H groups in total. The maximum absolute atomic E-state index is 13.1. The smallest absolute Gasteiger partial charge is 0.243 e. The highest BCUT2D eigenvalue weighted by atomic mass is 35.5. The molecule has 1 aliphatic rings. The van der Waals surface area contributed by atoms with Crippen LogP contribution in [0, 0.1) is 5.82 Å². The molecule has 1 unspecified atom stereocenters. The number of hydrogen-bond donors (Lipinski definition) is 1. The molecule has 4 nitrogen and oxygen atoms in total. The zero-order chi connectivity index (χ0) is 16.4. The molecule has 1 atom stereocenters. The molecule has 0 aromatic heterocycles. The van der Waals surface area contributed by atoms with E-state index in [-0.39, 0.29) is 10.9 Å². The monoisotopic (exact) mass is 354 g/mol. The van der Waals surface area contributed by atoms with E-state index in [4.69, 9.17) is 11.6 Å². The third-order valence-corrected chi connectivity index (χ3v) is 6.01. The SMILES string of the molecule is O=S(=O)(c1ccc(F)cc1)N1CCNCC1c1cccc(Cl)c1. The van der Waals surface area contributed by atoms with Gasteiger partial charge >= 0.3 is 0 Å². The van der Waals surface area contributed by atoms with Gasteiger partial charge in [0.2, 0.25) is 10.0 Å². The summed E-state index contributed by atoms with van der Waals surface area (Å²) in [6.07, 6.45) is 0. The molecule has 2 aromatic carbocycles. The van der Waals surface area contributed by atoms with Crippen LogP contribution in [0.25, 0.3) is 0 Å². The molecule has 7 heteroatoms. The lowest BCUT2D eigenvalue weighted by atomic mass is 10.1. The summed E-state index contributed by atoms with van der Waals surface area (Å²) in [5.74, 6) is -0.462. The molecule has 1 aliphatic heterocycles. The van der Waals surface area contributed by atoms with Crippen molar-refractivity contribution in [2.24, 2.45) is 0 Å². The van der Waals surface area contributed by atoms with E-state index in [1.54, 1.807) is 18.2 Å². The van der Waals surface area contributed by atoms with E-state index >= 15 is 0 Å². The standard InChI is InChI=1S/C16H16ClFN2O2S/c17-13-3-1-2-12(10-13)16-11-19-8-9-20(16)23(21,22)15-6-4-14(18)5-7-15/h1-7,10,16,19H,8-9,11H2. The van der Waals surface area contributed by atoms with Gasteiger partial charge in [-0.25, -0.2) is 12.8 Å². The average molecular weight is 355 g/mol. The molecule has 1 fully saturated rings. The summed E-state index contributed by atoms with van der Waals surface area (Å²) in [6.45, 7) is 1.41. The van der Waals surface area contributed by atoms with Crippen LogP contribution in [0.1, 0.15) is 11.6 Å². The fraction of sp³-hybridized carbons (Fsp3) is 0.250. The second-order valence-electron chi connectivity index (χ2n) is 5.34. The van der Waals surface area contributed by atoms with Crippen molar-refractivity contribution >= 4 is 21.6 Å². The first-order chi connectivity index (χ1) is 11.0. The lowest BCUT2D eigenvalue weighted by Crippen LogP contribution is -2.48. The van der Waals surface area contributed by atoms with E-state index in [9.17, 15) is 12.8 Å². The number of rotatable bonds is 3. The van der Waals surface area contributed by atoms with E-state index in [2.05, 4.69) is 5.32 Å². The number of sulfonamides is 1. The normalized spacial score (nSPS) is 19.7. The Bertz CT molecular complexity index is 796. The Hall–Kier alpha value is -1.47. The van der Waals surface area contributed by atoms with Crippen molar-refractivity contribution in [3.05, 3.63) is 64.9 Å². The number of nitrogens with one attached hydrogen (secondary N) is 1. The fourth-order valence-electron chi connectivity index (χ4n) is 2.71. The van der Waals surface area contributed by atoms with E-state index in [0.717, 1.165) is 17.7 Å². The van der Waals surface area contributed by atoms with Gasteiger partial charge in [-0.15, -0.1) is 0 Å². The van der Waals surface area contributed by atoms with Gasteiger partial charge in [-0.1, -0.05) is 23.7 Å². The molecule has 1 heterocycles. The van der Waals surface area contributed by atoms with Gasteiger partial charge in [0, 0.05) is 24.7 Å². The summed E-state index contributed by atoms with van der Waals surface area (Å²) in [6, 6.07) is 11.7. The van der Waals surface area contributed by atoms with Crippen LogP contribution in [0.5, 0.6) is 0 Å². The van der Waals surface area contributed by atoms with Crippen molar-refractivity contribution in [3.63, 3.8) is 0 Å². The number of benzene rings is 2. The van der Waals surface area contributed by atoms with Gasteiger partial charge in [0.15, 0.2) is 0 Å². The fourth-order valence-corrected chi connectivity index (χ4v) is 4.53. The Labute approximate surface area is 139 Å². The Balaban J connectivity index is 1.99. The minimum atomic E-state index is -3.71. The van der Waals surface area contributed by atoms with Crippen LogP contribution in [0.2, 0.25) is 5.02 Å². The third-order valence-electron chi connectivity index (χ3n) is 3.85. The van der Waals surface area contributed by atoms with Crippen LogP contribution < -0.4 is 5.32 Å². The summed E-state index contributed by atoms with van der Waals surface area (Å²) >= 11 is 6.03. The largest absolute Gasteiger partial charge is 0.313 e. The highest BCUT2D eigenvalue weighted by Crippen LogP contribution is 2.30. The number of nitrogens with zero attached hydrogens (tertiary/aromatic N) is 1. The number of halogens is 2. The zero-order valence-corrected chi connectivity index (χ0v) is 13.8. The molecule has 0 spiro atoms. The molecule has 1 saturated heterocycles. The van der Waals surface area contributed by atoms with Gasteiger partial charge in [0.1, 0.15) is 5.82 Å². The summed E-state index contributed by atoms with van der Waals surface area (Å²) < 4.78 is 40.3. The molecule has 2 aromatic rings. The predicted octanol–water partition coefficient (Wildman–Crippen LogP) is 2.81. The summed E-state index contributed by atoms with van der Waals surface area (Å²) in [5.41, 5.74) is 0.829. The molecular weight excluding hydrogens is 339 g/mol.